The van der Waals surface area contributed by atoms with E-state index in [2.05, 4.69) is 15.3 Å². The molecular weight excluding hydrogens is 390 g/mol. The number of benzene rings is 1. The fourth-order valence-corrected chi connectivity index (χ4v) is 3.13. The van der Waals surface area contributed by atoms with Gasteiger partial charge in [-0.2, -0.15) is 8.78 Å². The molecule has 10 heteroatoms. The van der Waals surface area contributed by atoms with Crippen LogP contribution >= 0.6 is 11.8 Å². The Labute approximate surface area is 164 Å². The molecule has 2 aromatic heterocycles. The van der Waals surface area contributed by atoms with Crippen LogP contribution in [-0.4, -0.2) is 46.5 Å². The summed E-state index contributed by atoms with van der Waals surface area (Å²) >= 11 is 0.303. The first-order chi connectivity index (χ1) is 13.6. The van der Waals surface area contributed by atoms with Crippen molar-refractivity contribution in [2.24, 2.45) is 0 Å². The minimum Gasteiger partial charge on any atom is -0.474 e. The molecule has 0 aliphatic heterocycles. The molecule has 1 amide bonds. The number of imidazole rings is 1. The molecule has 0 bridgehead atoms. The van der Waals surface area contributed by atoms with E-state index < -0.39 is 11.7 Å². The van der Waals surface area contributed by atoms with Crippen LogP contribution < -0.4 is 10.1 Å². The normalized spacial score (nSPS) is 11.1. The Morgan fingerprint density at radius 1 is 1.25 bits per heavy atom. The second-order valence-corrected chi connectivity index (χ2v) is 6.55. The van der Waals surface area contributed by atoms with Crippen molar-refractivity contribution in [1.82, 2.24) is 14.5 Å². The van der Waals surface area contributed by atoms with Gasteiger partial charge in [-0.3, -0.25) is 4.79 Å². The zero-order valence-corrected chi connectivity index (χ0v) is 15.8. The number of aromatic nitrogens is 3. The molecule has 0 atom stereocenters. The van der Waals surface area contributed by atoms with Crippen LogP contribution in [0.5, 0.6) is 5.88 Å². The predicted octanol–water partition coefficient (Wildman–Crippen LogP) is 3.41. The highest BCUT2D eigenvalue weighted by Gasteiger charge is 2.18. The number of carbonyl (C=O) groups is 1. The van der Waals surface area contributed by atoms with Gasteiger partial charge < -0.3 is 19.4 Å². The molecule has 0 radical (unpaired) electrons. The Kier molecular flexibility index (Phi) is 6.77. The first-order valence-corrected chi connectivity index (χ1v) is 9.23. The number of alkyl halides is 2. The lowest BCUT2D eigenvalue weighted by molar-refractivity contribution is -0.116. The van der Waals surface area contributed by atoms with Gasteiger partial charge in [0.15, 0.2) is 5.16 Å². The van der Waals surface area contributed by atoms with Gasteiger partial charge in [0.05, 0.1) is 17.6 Å². The van der Waals surface area contributed by atoms with Gasteiger partial charge in [-0.05, 0) is 36.0 Å². The Morgan fingerprint density at radius 2 is 2.07 bits per heavy atom. The van der Waals surface area contributed by atoms with Crippen molar-refractivity contribution in [3.63, 3.8) is 0 Å². The summed E-state index contributed by atoms with van der Waals surface area (Å²) in [5, 5.41) is 2.79. The average molecular weight is 408 g/mol. The van der Waals surface area contributed by atoms with Crippen LogP contribution in [0.1, 0.15) is 0 Å². The number of anilines is 1. The topological polar surface area (TPSA) is 78.3 Å². The Bertz CT molecular complexity index is 951. The van der Waals surface area contributed by atoms with Gasteiger partial charge in [-0.25, -0.2) is 9.97 Å². The number of carbonyl (C=O) groups excluding carboxylic acids is 1. The summed E-state index contributed by atoms with van der Waals surface area (Å²) in [6.45, 7) is 0.471. The number of para-hydroxylation sites is 2. The van der Waals surface area contributed by atoms with Crippen molar-refractivity contribution >= 4 is 34.4 Å². The molecule has 0 saturated heterocycles. The van der Waals surface area contributed by atoms with Gasteiger partial charge >= 0.3 is 0 Å². The smallest absolute Gasteiger partial charge is 0.291 e. The molecule has 0 spiro atoms. The number of thioether (sulfide) groups is 1. The lowest BCUT2D eigenvalue weighted by Crippen LogP contribution is -2.20. The third-order valence-electron chi connectivity index (χ3n) is 3.69. The van der Waals surface area contributed by atoms with Crippen molar-refractivity contribution < 1.29 is 23.0 Å². The summed E-state index contributed by atoms with van der Waals surface area (Å²) in [5.41, 5.74) is 1.53. The first-order valence-electron chi connectivity index (χ1n) is 8.35. The number of fused-ring (bicyclic) bond motifs is 1. The summed E-state index contributed by atoms with van der Waals surface area (Å²) in [7, 11) is 1.55. The molecule has 0 saturated carbocycles. The van der Waals surface area contributed by atoms with E-state index >= 15 is 0 Å². The Morgan fingerprint density at radius 3 is 2.86 bits per heavy atom. The Hall–Kier alpha value is -2.72. The van der Waals surface area contributed by atoms with E-state index in [9.17, 15) is 13.6 Å². The summed E-state index contributed by atoms with van der Waals surface area (Å²) in [4.78, 5) is 20.9. The first kappa shape index (κ1) is 20.0. The molecule has 0 aliphatic carbocycles. The SMILES string of the molecule is COCCOc1ncccc1NC(=O)Cn1c(SC(F)F)nc2ccccc21. The van der Waals surface area contributed by atoms with Crippen molar-refractivity contribution in [1.29, 1.82) is 0 Å². The van der Waals surface area contributed by atoms with Crippen LogP contribution in [0.2, 0.25) is 0 Å². The number of rotatable bonds is 9. The van der Waals surface area contributed by atoms with Gasteiger partial charge in [0.1, 0.15) is 18.8 Å². The third-order valence-corrected chi connectivity index (χ3v) is 4.39. The van der Waals surface area contributed by atoms with Crippen molar-refractivity contribution in [2.75, 3.05) is 25.6 Å². The van der Waals surface area contributed by atoms with E-state index in [1.165, 1.54) is 4.57 Å². The standard InChI is InChI=1S/C18H18F2N4O3S/c1-26-9-10-27-16-13(6-4-8-21-16)22-15(25)11-24-14-7-3-2-5-12(14)23-18(24)28-17(19)20/h2-8,17H,9-11H2,1H3,(H,22,25). The molecule has 0 aliphatic rings. The monoisotopic (exact) mass is 408 g/mol. The molecule has 1 aromatic carbocycles. The van der Waals surface area contributed by atoms with Crippen molar-refractivity contribution in [2.45, 2.75) is 17.5 Å². The van der Waals surface area contributed by atoms with Crippen molar-refractivity contribution in [3.05, 3.63) is 42.6 Å². The third kappa shape index (κ3) is 4.96. The molecular formula is C18H18F2N4O3S. The number of nitrogens with one attached hydrogen (secondary N) is 1. The molecule has 3 aromatic rings. The number of amides is 1. The number of hydrogen-bond acceptors (Lipinski definition) is 6. The van der Waals surface area contributed by atoms with Crippen LogP contribution in [-0.2, 0) is 16.1 Å². The van der Waals surface area contributed by atoms with Gasteiger partial charge in [-0.1, -0.05) is 12.1 Å². The molecule has 148 valence electrons. The number of ether oxygens (including phenoxy) is 2. The predicted molar refractivity (Wildman–Crippen MR) is 102 cm³/mol. The minimum absolute atomic E-state index is 0.0779. The van der Waals surface area contributed by atoms with Crippen LogP contribution in [0.4, 0.5) is 14.5 Å². The maximum atomic E-state index is 12.9. The molecule has 0 unspecified atom stereocenters. The van der Waals surface area contributed by atoms with Crippen LogP contribution in [0.25, 0.3) is 11.0 Å². The minimum atomic E-state index is -2.64. The highest BCUT2D eigenvalue weighted by atomic mass is 32.2. The molecule has 3 rings (SSSR count). The molecule has 7 nitrogen and oxygen atoms in total. The Balaban J connectivity index is 1.79. The summed E-state index contributed by atoms with van der Waals surface area (Å²) in [5.74, 6) is -2.80. The van der Waals surface area contributed by atoms with E-state index in [4.69, 9.17) is 9.47 Å². The van der Waals surface area contributed by atoms with Crippen LogP contribution in [0.15, 0.2) is 47.8 Å². The van der Waals surface area contributed by atoms with Crippen LogP contribution in [0.3, 0.4) is 0 Å². The molecule has 28 heavy (non-hydrogen) atoms. The van der Waals surface area contributed by atoms with Gasteiger partial charge in [0, 0.05) is 13.3 Å². The van der Waals surface area contributed by atoms with E-state index in [0.717, 1.165) is 0 Å². The molecule has 1 N–H and O–H groups in total. The van der Waals surface area contributed by atoms with E-state index in [1.54, 1.807) is 49.7 Å². The maximum Gasteiger partial charge on any atom is 0.291 e. The van der Waals surface area contributed by atoms with E-state index in [0.29, 0.717) is 35.1 Å². The number of methoxy groups -OCH3 is 1. The highest BCUT2D eigenvalue weighted by molar-refractivity contribution is 7.99. The average Bonchev–Trinajstić information content (AvgIpc) is 3.00. The number of nitrogens with zero attached hydrogens (tertiary/aromatic N) is 3. The van der Waals surface area contributed by atoms with Gasteiger partial charge in [0.2, 0.25) is 11.8 Å². The largest absolute Gasteiger partial charge is 0.474 e. The van der Waals surface area contributed by atoms with Crippen molar-refractivity contribution in [3.8, 4) is 5.88 Å². The fraction of sp³-hybridized carbons (Fsp3) is 0.278. The van der Waals surface area contributed by atoms with E-state index in [1.807, 2.05) is 0 Å². The lowest BCUT2D eigenvalue weighted by Gasteiger charge is -2.12. The van der Waals surface area contributed by atoms with Gasteiger partial charge in [-0.15, -0.1) is 0 Å². The zero-order chi connectivity index (χ0) is 19.9. The number of pyridine rings is 1. The van der Waals surface area contributed by atoms with Crippen LogP contribution in [0, 0.1) is 0 Å². The lowest BCUT2D eigenvalue weighted by atomic mass is 10.3. The summed E-state index contributed by atoms with van der Waals surface area (Å²) in [6, 6.07) is 10.3. The second-order valence-electron chi connectivity index (χ2n) is 5.59. The maximum absolute atomic E-state index is 12.9. The summed E-state index contributed by atoms with van der Waals surface area (Å²) in [6.07, 6.45) is 1.54. The molecule has 0 fully saturated rings. The summed E-state index contributed by atoms with van der Waals surface area (Å²) < 4.78 is 37.7. The number of halogens is 2. The zero-order valence-electron chi connectivity index (χ0n) is 15.0. The fourth-order valence-electron chi connectivity index (χ4n) is 2.53. The highest BCUT2D eigenvalue weighted by Crippen LogP contribution is 2.28. The van der Waals surface area contributed by atoms with E-state index in [-0.39, 0.29) is 24.2 Å². The van der Waals surface area contributed by atoms with Gasteiger partial charge in [0.25, 0.3) is 5.76 Å². The second kappa shape index (κ2) is 9.47. The molecule has 2 heterocycles. The number of hydrogen-bond donors (Lipinski definition) is 1. The quantitative estimate of drug-likeness (QED) is 0.432.